The monoisotopic (exact) mass is 313 g/mol. The van der Waals surface area contributed by atoms with Gasteiger partial charge in [-0.1, -0.05) is 30.3 Å². The lowest BCUT2D eigenvalue weighted by Crippen LogP contribution is -2.37. The number of aryl methyl sites for hydroxylation is 1. The van der Waals surface area contributed by atoms with Gasteiger partial charge in [0, 0.05) is 11.3 Å². The first kappa shape index (κ1) is 16.5. The third-order valence-electron chi connectivity index (χ3n) is 3.71. The summed E-state index contributed by atoms with van der Waals surface area (Å²) in [4.78, 5) is 38.7. The number of ketones is 1. The van der Waals surface area contributed by atoms with Crippen LogP contribution < -0.4 is 11.1 Å². The minimum Gasteiger partial charge on any atom is -0.368 e. The molecule has 4 N–H and O–H groups in total. The van der Waals surface area contributed by atoms with Crippen molar-refractivity contribution in [1.29, 1.82) is 0 Å². The second kappa shape index (κ2) is 6.48. The number of nitrogens with one attached hydrogen (secondary N) is 2. The second-order valence-corrected chi connectivity index (χ2v) is 5.40. The lowest BCUT2D eigenvalue weighted by molar-refractivity contribution is -0.120. The van der Waals surface area contributed by atoms with Crippen molar-refractivity contribution in [1.82, 2.24) is 10.3 Å². The van der Waals surface area contributed by atoms with Crippen LogP contribution in [0.25, 0.3) is 0 Å². The van der Waals surface area contributed by atoms with Crippen molar-refractivity contribution in [2.75, 3.05) is 0 Å². The van der Waals surface area contributed by atoms with Gasteiger partial charge in [0.05, 0.1) is 0 Å². The topological polar surface area (TPSA) is 105 Å². The largest absolute Gasteiger partial charge is 0.368 e. The molecule has 0 radical (unpaired) electrons. The van der Waals surface area contributed by atoms with Crippen LogP contribution in [-0.4, -0.2) is 22.6 Å². The molecular formula is C17H19N3O3. The zero-order valence-electron chi connectivity index (χ0n) is 13.3. The third-order valence-corrected chi connectivity index (χ3v) is 3.71. The number of amides is 2. The van der Waals surface area contributed by atoms with Crippen LogP contribution in [0.5, 0.6) is 0 Å². The molecule has 2 rings (SSSR count). The number of aromatic nitrogens is 1. The maximum absolute atomic E-state index is 12.5. The molecule has 2 aromatic rings. The first-order valence-corrected chi connectivity index (χ1v) is 7.18. The molecule has 6 heteroatoms. The lowest BCUT2D eigenvalue weighted by atomic mass is 10.0. The van der Waals surface area contributed by atoms with Crippen molar-refractivity contribution in [2.24, 2.45) is 5.73 Å². The van der Waals surface area contributed by atoms with Gasteiger partial charge in [0.25, 0.3) is 5.91 Å². The quantitative estimate of drug-likeness (QED) is 0.733. The number of nitrogens with two attached hydrogens (primary N) is 1. The van der Waals surface area contributed by atoms with Crippen LogP contribution in [0.1, 0.15) is 50.6 Å². The molecule has 1 aromatic carbocycles. The van der Waals surface area contributed by atoms with Crippen molar-refractivity contribution in [3.8, 4) is 0 Å². The Labute approximate surface area is 134 Å². The summed E-state index contributed by atoms with van der Waals surface area (Å²) >= 11 is 0. The average Bonchev–Trinajstić information content (AvgIpc) is 2.80. The van der Waals surface area contributed by atoms with Crippen LogP contribution in [0, 0.1) is 13.8 Å². The van der Waals surface area contributed by atoms with E-state index in [4.69, 9.17) is 5.73 Å². The fraction of sp³-hybridized carbons (Fsp3) is 0.235. The maximum atomic E-state index is 12.5. The van der Waals surface area contributed by atoms with E-state index in [1.807, 2.05) is 0 Å². The number of Topliss-reactive ketones (excluding diaryl/α,β-unsaturated/α-hetero) is 1. The molecule has 1 atom stereocenters. The second-order valence-electron chi connectivity index (χ2n) is 5.40. The molecule has 0 aliphatic carbocycles. The summed E-state index contributed by atoms with van der Waals surface area (Å²) in [7, 11) is 0. The molecule has 0 bridgehead atoms. The molecule has 1 unspecified atom stereocenters. The van der Waals surface area contributed by atoms with Crippen molar-refractivity contribution >= 4 is 17.6 Å². The molecular weight excluding hydrogens is 294 g/mol. The molecule has 0 aliphatic heterocycles. The fourth-order valence-electron chi connectivity index (χ4n) is 2.67. The summed E-state index contributed by atoms with van der Waals surface area (Å²) in [6.45, 7) is 4.86. The van der Waals surface area contributed by atoms with Crippen LogP contribution in [-0.2, 0) is 4.79 Å². The van der Waals surface area contributed by atoms with E-state index in [1.165, 1.54) is 6.92 Å². The van der Waals surface area contributed by atoms with Crippen LogP contribution in [0.2, 0.25) is 0 Å². The first-order chi connectivity index (χ1) is 10.8. The van der Waals surface area contributed by atoms with Gasteiger partial charge in [0.15, 0.2) is 5.78 Å². The molecule has 0 saturated heterocycles. The summed E-state index contributed by atoms with van der Waals surface area (Å²) in [5, 5.41) is 2.61. The van der Waals surface area contributed by atoms with Gasteiger partial charge in [-0.3, -0.25) is 14.4 Å². The lowest BCUT2D eigenvalue weighted by Gasteiger charge is -2.15. The molecule has 1 aromatic heterocycles. The highest BCUT2D eigenvalue weighted by Gasteiger charge is 2.24. The number of aromatic amines is 1. The number of hydrogen-bond acceptors (Lipinski definition) is 3. The Balaban J connectivity index is 2.32. The van der Waals surface area contributed by atoms with E-state index in [-0.39, 0.29) is 11.5 Å². The molecule has 1 heterocycles. The van der Waals surface area contributed by atoms with E-state index in [9.17, 15) is 14.4 Å². The van der Waals surface area contributed by atoms with Gasteiger partial charge in [-0.25, -0.2) is 0 Å². The molecule has 0 aliphatic rings. The molecule has 2 amide bonds. The number of carbonyl (C=O) groups excluding carboxylic acids is 3. The van der Waals surface area contributed by atoms with E-state index in [0.29, 0.717) is 22.4 Å². The highest BCUT2D eigenvalue weighted by molar-refractivity contribution is 6.03. The number of rotatable bonds is 5. The van der Waals surface area contributed by atoms with Crippen LogP contribution >= 0.6 is 0 Å². The van der Waals surface area contributed by atoms with E-state index in [2.05, 4.69) is 10.3 Å². The average molecular weight is 313 g/mol. The number of carbonyl (C=O) groups is 3. The third kappa shape index (κ3) is 3.31. The summed E-state index contributed by atoms with van der Waals surface area (Å²) in [5.41, 5.74) is 7.93. The smallest absolute Gasteiger partial charge is 0.268 e. The van der Waals surface area contributed by atoms with E-state index >= 15 is 0 Å². The number of primary amides is 1. The van der Waals surface area contributed by atoms with Gasteiger partial charge >= 0.3 is 0 Å². The zero-order chi connectivity index (χ0) is 17.1. The molecule has 0 spiro atoms. The van der Waals surface area contributed by atoms with Crippen molar-refractivity contribution < 1.29 is 14.4 Å². The number of H-pyrrole nitrogens is 1. The summed E-state index contributed by atoms with van der Waals surface area (Å²) in [6.07, 6.45) is 0. The standard InChI is InChI=1S/C17H19N3O3/c1-9-13(11(3)21)10(2)19-14(9)17(23)20-15(16(18)22)12-7-5-4-6-8-12/h4-8,15,19H,1-3H3,(H2,18,22)(H,20,23). The van der Waals surface area contributed by atoms with Gasteiger partial charge in [-0.05, 0) is 31.9 Å². The van der Waals surface area contributed by atoms with Gasteiger partial charge in [0.2, 0.25) is 5.91 Å². The zero-order valence-corrected chi connectivity index (χ0v) is 13.3. The van der Waals surface area contributed by atoms with Crippen LogP contribution in [0.3, 0.4) is 0 Å². The Morgan fingerprint density at radius 1 is 1.13 bits per heavy atom. The summed E-state index contributed by atoms with van der Waals surface area (Å²) in [5.74, 6) is -1.26. The van der Waals surface area contributed by atoms with Gasteiger partial charge in [0.1, 0.15) is 11.7 Å². The maximum Gasteiger partial charge on any atom is 0.268 e. The van der Waals surface area contributed by atoms with Gasteiger partial charge < -0.3 is 16.0 Å². The SMILES string of the molecule is CC(=O)c1c(C)[nH]c(C(=O)NC(C(N)=O)c2ccccc2)c1C. The fourth-order valence-corrected chi connectivity index (χ4v) is 2.67. The Hall–Kier alpha value is -2.89. The Bertz CT molecular complexity index is 763. The van der Waals surface area contributed by atoms with Gasteiger partial charge in [-0.15, -0.1) is 0 Å². The summed E-state index contributed by atoms with van der Waals surface area (Å²) in [6, 6.07) is 7.81. The Morgan fingerprint density at radius 3 is 2.22 bits per heavy atom. The minimum atomic E-state index is -0.938. The molecule has 6 nitrogen and oxygen atoms in total. The highest BCUT2D eigenvalue weighted by Crippen LogP contribution is 2.20. The number of hydrogen-bond donors (Lipinski definition) is 3. The minimum absolute atomic E-state index is 0.121. The van der Waals surface area contributed by atoms with E-state index < -0.39 is 17.9 Å². The Kier molecular flexibility index (Phi) is 4.64. The first-order valence-electron chi connectivity index (χ1n) is 7.18. The molecule has 23 heavy (non-hydrogen) atoms. The van der Waals surface area contributed by atoms with E-state index in [1.54, 1.807) is 44.2 Å². The molecule has 0 fully saturated rings. The van der Waals surface area contributed by atoms with Crippen LogP contribution in [0.4, 0.5) is 0 Å². The molecule has 120 valence electrons. The van der Waals surface area contributed by atoms with E-state index in [0.717, 1.165) is 0 Å². The highest BCUT2D eigenvalue weighted by atomic mass is 16.2. The predicted octanol–water partition coefficient (Wildman–Crippen LogP) is 1.79. The normalized spacial score (nSPS) is 11.8. The van der Waals surface area contributed by atoms with Crippen molar-refractivity contribution in [2.45, 2.75) is 26.8 Å². The van der Waals surface area contributed by atoms with Crippen molar-refractivity contribution in [3.63, 3.8) is 0 Å². The Morgan fingerprint density at radius 2 is 1.74 bits per heavy atom. The summed E-state index contributed by atoms with van der Waals surface area (Å²) < 4.78 is 0. The molecule has 0 saturated carbocycles. The van der Waals surface area contributed by atoms with Gasteiger partial charge in [-0.2, -0.15) is 0 Å². The van der Waals surface area contributed by atoms with Crippen LogP contribution in [0.15, 0.2) is 30.3 Å². The van der Waals surface area contributed by atoms with Crippen molar-refractivity contribution in [3.05, 3.63) is 58.4 Å². The number of benzene rings is 1. The predicted molar refractivity (Wildman–Crippen MR) is 86.1 cm³/mol.